The van der Waals surface area contributed by atoms with Gasteiger partial charge in [-0.25, -0.2) is 18.1 Å². The van der Waals surface area contributed by atoms with Crippen LogP contribution >= 0.6 is 0 Å². The Kier molecular flexibility index (Phi) is 9.85. The molecule has 224 valence electrons. The molecule has 3 N–H and O–H groups in total. The van der Waals surface area contributed by atoms with Crippen LogP contribution in [0.4, 0.5) is 5.88 Å². The minimum absolute atomic E-state index is 0.0918. The zero-order valence-electron chi connectivity index (χ0n) is 24.9. The van der Waals surface area contributed by atoms with E-state index in [0.29, 0.717) is 60.8 Å². The first-order valence-electron chi connectivity index (χ1n) is 14.2. The molecule has 0 aliphatic carbocycles. The van der Waals surface area contributed by atoms with Crippen molar-refractivity contribution in [3.8, 4) is 11.1 Å². The molecule has 4 aromatic rings. The number of sulfonamides is 1. The zero-order chi connectivity index (χ0) is 30.4. The predicted molar refractivity (Wildman–Crippen MR) is 162 cm³/mol. The van der Waals surface area contributed by atoms with E-state index in [1.54, 1.807) is 32.0 Å². The molecular weight excluding hydrogens is 554 g/mol. The molecule has 0 saturated carbocycles. The summed E-state index contributed by atoms with van der Waals surface area (Å²) >= 11 is 0. The smallest absolute Gasteiger partial charge is 0.267 e. The van der Waals surface area contributed by atoms with Crippen molar-refractivity contribution in [2.75, 3.05) is 17.9 Å². The van der Waals surface area contributed by atoms with Gasteiger partial charge in [-0.15, -0.1) is 0 Å². The monoisotopic (exact) mass is 593 g/mol. The van der Waals surface area contributed by atoms with Crippen LogP contribution in [-0.4, -0.2) is 42.2 Å². The molecule has 0 bridgehead atoms. The molecule has 2 aromatic heterocycles. The van der Waals surface area contributed by atoms with Crippen LogP contribution in [0.3, 0.4) is 0 Å². The molecule has 4 rings (SSSR count). The van der Waals surface area contributed by atoms with Crippen LogP contribution in [0.5, 0.6) is 0 Å². The first-order chi connectivity index (χ1) is 20.1. The second-order valence-corrected chi connectivity index (χ2v) is 11.8. The number of nitrogens with two attached hydrogens (primary N) is 1. The van der Waals surface area contributed by atoms with Crippen molar-refractivity contribution in [3.63, 3.8) is 0 Å². The Morgan fingerprint density at radius 2 is 1.83 bits per heavy atom. The predicted octanol–water partition coefficient (Wildman–Crippen LogP) is 5.20. The average Bonchev–Trinajstić information content (AvgIpc) is 3.47. The maximum absolute atomic E-state index is 13.6. The van der Waals surface area contributed by atoms with Crippen LogP contribution < -0.4 is 10.5 Å². The summed E-state index contributed by atoms with van der Waals surface area (Å²) in [5.41, 5.74) is 11.4. The Labute approximate surface area is 247 Å². The van der Waals surface area contributed by atoms with Crippen LogP contribution in [0.1, 0.15) is 71.6 Å². The highest BCUT2D eigenvalue weighted by Crippen LogP contribution is 2.33. The number of nitrogens with zero attached hydrogens (tertiary/aromatic N) is 3. The minimum Gasteiger partial charge on any atom is -0.381 e. The number of carbonyl (C=O) groups is 1. The number of rotatable bonds is 14. The number of ether oxygens (including phenoxy) is 1. The molecule has 42 heavy (non-hydrogen) atoms. The maximum Gasteiger partial charge on any atom is 0.267 e. The molecule has 10 nitrogen and oxygen atoms in total. The van der Waals surface area contributed by atoms with Crippen LogP contribution in [0, 0.1) is 13.8 Å². The van der Waals surface area contributed by atoms with Crippen LogP contribution in [0.15, 0.2) is 51.9 Å². The summed E-state index contributed by atoms with van der Waals surface area (Å²) in [6.07, 6.45) is 2.77. The molecule has 2 heterocycles. The van der Waals surface area contributed by atoms with Gasteiger partial charge in [0.05, 0.1) is 22.9 Å². The largest absolute Gasteiger partial charge is 0.381 e. The highest BCUT2D eigenvalue weighted by atomic mass is 32.2. The van der Waals surface area contributed by atoms with E-state index in [0.717, 1.165) is 35.4 Å². The quantitative estimate of drug-likeness (QED) is 0.191. The molecule has 0 saturated heterocycles. The van der Waals surface area contributed by atoms with Crippen LogP contribution in [-0.2, 0) is 40.6 Å². The molecule has 0 unspecified atom stereocenters. The molecule has 0 aliphatic rings. The summed E-state index contributed by atoms with van der Waals surface area (Å²) in [5.74, 6) is 0.413. The summed E-state index contributed by atoms with van der Waals surface area (Å²) in [6.45, 7) is 10.9. The highest BCUT2D eigenvalue weighted by molar-refractivity contribution is 7.92. The van der Waals surface area contributed by atoms with Gasteiger partial charge < -0.3 is 19.6 Å². The van der Waals surface area contributed by atoms with Crippen molar-refractivity contribution in [2.45, 2.75) is 71.7 Å². The molecule has 11 heteroatoms. The summed E-state index contributed by atoms with van der Waals surface area (Å²) in [7, 11) is -4.01. The standard InChI is InChI=1S/C31H39N5O5S/c1-6-11-28-33-26(7-2)29(30(32)37)36(28)19-22-14-15-24(23(18-22)16-17-40-8-3)25-12-9-10-13-27(25)42(38,39)35-31-20(4)21(5)34-41-31/h9-10,12-15,18,35H,6-8,11,16-17,19H2,1-5H3,(H2,32,37). The van der Waals surface area contributed by atoms with Crippen molar-refractivity contribution in [3.05, 3.63) is 82.1 Å². The van der Waals surface area contributed by atoms with E-state index in [1.165, 1.54) is 0 Å². The molecule has 0 radical (unpaired) electrons. The molecule has 0 atom stereocenters. The number of aryl methyl sites for hydroxylation is 3. The van der Waals surface area contributed by atoms with E-state index in [-0.39, 0.29) is 10.8 Å². The molecule has 2 aromatic carbocycles. The van der Waals surface area contributed by atoms with Crippen molar-refractivity contribution in [2.24, 2.45) is 5.73 Å². The number of amides is 1. The first-order valence-corrected chi connectivity index (χ1v) is 15.7. The van der Waals surface area contributed by atoms with Gasteiger partial charge in [-0.3, -0.25) is 4.79 Å². The fraction of sp³-hybridized carbons (Fsp3) is 0.387. The van der Waals surface area contributed by atoms with Crippen molar-refractivity contribution < 1.29 is 22.5 Å². The van der Waals surface area contributed by atoms with E-state index >= 15 is 0 Å². The highest BCUT2D eigenvalue weighted by Gasteiger charge is 2.24. The number of hydrogen-bond acceptors (Lipinski definition) is 7. The fourth-order valence-electron chi connectivity index (χ4n) is 5.00. The number of anilines is 1. The Hall–Kier alpha value is -3.96. The van der Waals surface area contributed by atoms with Gasteiger partial charge in [-0.05, 0) is 62.8 Å². The average molecular weight is 594 g/mol. The summed E-state index contributed by atoms with van der Waals surface area (Å²) in [6, 6.07) is 12.8. The van der Waals surface area contributed by atoms with Gasteiger partial charge >= 0.3 is 0 Å². The molecule has 0 aliphatic heterocycles. The first kappa shape index (κ1) is 31.0. The summed E-state index contributed by atoms with van der Waals surface area (Å²) in [5, 5.41) is 3.86. The molecule has 1 amide bonds. The molecule has 0 fully saturated rings. The van der Waals surface area contributed by atoms with E-state index in [4.69, 9.17) is 20.0 Å². The normalized spacial score (nSPS) is 11.6. The van der Waals surface area contributed by atoms with Gasteiger partial charge in [-0.2, -0.15) is 0 Å². The SMILES string of the molecule is CCCc1nc(CC)c(C(N)=O)n1Cc1ccc(-c2ccccc2S(=O)(=O)Nc2onc(C)c2C)c(CCOCC)c1. The maximum atomic E-state index is 13.6. The van der Waals surface area contributed by atoms with E-state index < -0.39 is 15.9 Å². The van der Waals surface area contributed by atoms with E-state index in [2.05, 4.69) is 16.8 Å². The van der Waals surface area contributed by atoms with Gasteiger partial charge in [0.2, 0.25) is 5.88 Å². The van der Waals surface area contributed by atoms with E-state index in [1.807, 2.05) is 42.7 Å². The van der Waals surface area contributed by atoms with Crippen molar-refractivity contribution in [1.29, 1.82) is 0 Å². The van der Waals surface area contributed by atoms with Crippen LogP contribution in [0.2, 0.25) is 0 Å². The Morgan fingerprint density at radius 1 is 1.07 bits per heavy atom. The van der Waals surface area contributed by atoms with Crippen molar-refractivity contribution in [1.82, 2.24) is 14.7 Å². The Morgan fingerprint density at radius 3 is 2.48 bits per heavy atom. The number of imidazole rings is 1. The number of nitrogens with one attached hydrogen (secondary N) is 1. The lowest BCUT2D eigenvalue weighted by Gasteiger charge is -2.17. The van der Waals surface area contributed by atoms with E-state index in [9.17, 15) is 13.2 Å². The third kappa shape index (κ3) is 6.57. The molecular formula is C31H39N5O5S. The number of benzene rings is 2. The van der Waals surface area contributed by atoms with Gasteiger partial charge in [0, 0.05) is 30.7 Å². The Bertz CT molecular complexity index is 1670. The lowest BCUT2D eigenvalue weighted by molar-refractivity contribution is 0.0990. The number of aromatic nitrogens is 3. The lowest BCUT2D eigenvalue weighted by Crippen LogP contribution is -2.20. The van der Waals surface area contributed by atoms with Crippen LogP contribution in [0.25, 0.3) is 11.1 Å². The van der Waals surface area contributed by atoms with Gasteiger partial charge in [0.25, 0.3) is 15.9 Å². The Balaban J connectivity index is 1.79. The second-order valence-electron chi connectivity index (χ2n) is 10.1. The zero-order valence-corrected chi connectivity index (χ0v) is 25.7. The molecule has 0 spiro atoms. The second kappa shape index (κ2) is 13.3. The van der Waals surface area contributed by atoms with Gasteiger partial charge in [0.15, 0.2) is 0 Å². The third-order valence-electron chi connectivity index (χ3n) is 7.24. The third-order valence-corrected chi connectivity index (χ3v) is 8.63. The number of hydrogen-bond donors (Lipinski definition) is 2. The van der Waals surface area contributed by atoms with Gasteiger partial charge in [-0.1, -0.05) is 55.4 Å². The minimum atomic E-state index is -4.01. The fourth-order valence-corrected chi connectivity index (χ4v) is 6.27. The van der Waals surface area contributed by atoms with Crippen molar-refractivity contribution >= 4 is 21.8 Å². The summed E-state index contributed by atoms with van der Waals surface area (Å²) < 4.78 is 42.5. The lowest BCUT2D eigenvalue weighted by atomic mass is 9.95. The number of carbonyl (C=O) groups excluding carboxylic acids is 1. The summed E-state index contributed by atoms with van der Waals surface area (Å²) in [4.78, 5) is 17.3. The number of primary amides is 1. The van der Waals surface area contributed by atoms with Gasteiger partial charge in [0.1, 0.15) is 11.5 Å². The topological polar surface area (TPSA) is 142 Å².